The van der Waals surface area contributed by atoms with Gasteiger partial charge in [0.05, 0.1) is 17.8 Å². The summed E-state index contributed by atoms with van der Waals surface area (Å²) in [6.45, 7) is 1.14. The first-order chi connectivity index (χ1) is 7.75. The standard InChI is InChI=1S/C12H15N3O/c1-14-5-2-3-11(14)12-13-8-9-7-10(16)4-6-15(9)12/h4,6-8,11,16H,2-3,5H2,1H3. The Kier molecular flexibility index (Phi) is 2.11. The Balaban J connectivity index is 2.10. The minimum Gasteiger partial charge on any atom is -0.508 e. The van der Waals surface area contributed by atoms with E-state index in [1.807, 2.05) is 12.4 Å². The minimum absolute atomic E-state index is 0.290. The summed E-state index contributed by atoms with van der Waals surface area (Å²) >= 11 is 0. The molecule has 1 aliphatic rings. The summed E-state index contributed by atoms with van der Waals surface area (Å²) in [5.41, 5.74) is 0.954. The number of likely N-dealkylation sites (tertiary alicyclic amines) is 1. The second-order valence-corrected chi connectivity index (χ2v) is 4.43. The van der Waals surface area contributed by atoms with Crippen LogP contribution in [0.2, 0.25) is 0 Å². The number of hydrogen-bond acceptors (Lipinski definition) is 3. The first-order valence-corrected chi connectivity index (χ1v) is 5.62. The summed E-state index contributed by atoms with van der Waals surface area (Å²) in [6, 6.07) is 3.85. The van der Waals surface area contributed by atoms with Crippen molar-refractivity contribution in [1.29, 1.82) is 0 Å². The quantitative estimate of drug-likeness (QED) is 0.792. The number of pyridine rings is 1. The Morgan fingerprint density at radius 2 is 2.38 bits per heavy atom. The molecule has 3 heterocycles. The van der Waals surface area contributed by atoms with Gasteiger partial charge in [0.2, 0.25) is 0 Å². The first-order valence-electron chi connectivity index (χ1n) is 5.62. The largest absolute Gasteiger partial charge is 0.508 e. The van der Waals surface area contributed by atoms with Gasteiger partial charge in [-0.3, -0.25) is 4.90 Å². The highest BCUT2D eigenvalue weighted by Crippen LogP contribution is 2.30. The second kappa shape index (κ2) is 3.49. The Morgan fingerprint density at radius 3 is 3.12 bits per heavy atom. The molecule has 2 aromatic heterocycles. The summed E-state index contributed by atoms with van der Waals surface area (Å²) in [5, 5.41) is 9.41. The van der Waals surface area contributed by atoms with Crippen LogP contribution >= 0.6 is 0 Å². The van der Waals surface area contributed by atoms with Gasteiger partial charge in [0, 0.05) is 12.3 Å². The fourth-order valence-corrected chi connectivity index (χ4v) is 2.49. The average molecular weight is 217 g/mol. The maximum atomic E-state index is 9.41. The normalized spacial score (nSPS) is 21.9. The lowest BCUT2D eigenvalue weighted by Gasteiger charge is -2.18. The molecule has 0 bridgehead atoms. The molecule has 1 N–H and O–H groups in total. The van der Waals surface area contributed by atoms with Gasteiger partial charge in [-0.05, 0) is 32.5 Å². The molecule has 1 unspecified atom stereocenters. The second-order valence-electron chi connectivity index (χ2n) is 4.43. The molecule has 84 valence electrons. The van der Waals surface area contributed by atoms with Crippen LogP contribution in [0.5, 0.6) is 5.75 Å². The predicted octanol–water partition coefficient (Wildman–Crippen LogP) is 1.81. The van der Waals surface area contributed by atoms with Crippen LogP contribution in [0.4, 0.5) is 0 Å². The highest BCUT2D eigenvalue weighted by Gasteiger charge is 2.25. The van der Waals surface area contributed by atoms with E-state index in [4.69, 9.17) is 0 Å². The van der Waals surface area contributed by atoms with Crippen LogP contribution in [-0.4, -0.2) is 33.0 Å². The minimum atomic E-state index is 0.290. The predicted molar refractivity (Wildman–Crippen MR) is 61.5 cm³/mol. The Labute approximate surface area is 94.1 Å². The summed E-state index contributed by atoms with van der Waals surface area (Å²) in [6.07, 6.45) is 6.10. The zero-order valence-electron chi connectivity index (χ0n) is 9.30. The molecule has 1 saturated heterocycles. The number of fused-ring (bicyclic) bond motifs is 1. The van der Waals surface area contributed by atoms with Crippen molar-refractivity contribution >= 4 is 5.52 Å². The summed E-state index contributed by atoms with van der Waals surface area (Å²) in [4.78, 5) is 6.81. The molecular formula is C12H15N3O. The number of aromatic hydroxyl groups is 1. The van der Waals surface area contributed by atoms with Gasteiger partial charge < -0.3 is 9.51 Å². The fourth-order valence-electron chi connectivity index (χ4n) is 2.49. The van der Waals surface area contributed by atoms with Crippen molar-refractivity contribution in [3.05, 3.63) is 30.4 Å². The summed E-state index contributed by atoms with van der Waals surface area (Å²) in [5.74, 6) is 1.37. The van der Waals surface area contributed by atoms with Gasteiger partial charge in [0.15, 0.2) is 0 Å². The third kappa shape index (κ3) is 1.38. The Bertz CT molecular complexity index is 520. The van der Waals surface area contributed by atoms with E-state index < -0.39 is 0 Å². The number of rotatable bonds is 1. The van der Waals surface area contributed by atoms with Crippen molar-refractivity contribution in [1.82, 2.24) is 14.3 Å². The SMILES string of the molecule is CN1CCCC1c1ncc2cc(O)ccn12. The van der Waals surface area contributed by atoms with Gasteiger partial charge in [-0.15, -0.1) is 0 Å². The van der Waals surface area contributed by atoms with Crippen LogP contribution in [0.25, 0.3) is 5.52 Å². The van der Waals surface area contributed by atoms with E-state index in [0.717, 1.165) is 24.3 Å². The number of imidazole rings is 1. The van der Waals surface area contributed by atoms with Gasteiger partial charge in [0.25, 0.3) is 0 Å². The van der Waals surface area contributed by atoms with Crippen LogP contribution in [0, 0.1) is 0 Å². The molecule has 1 aliphatic heterocycles. The third-order valence-electron chi connectivity index (χ3n) is 3.36. The first kappa shape index (κ1) is 9.66. The molecule has 2 aromatic rings. The Hall–Kier alpha value is -1.55. The highest BCUT2D eigenvalue weighted by molar-refractivity contribution is 5.50. The maximum Gasteiger partial charge on any atom is 0.130 e. The van der Waals surface area contributed by atoms with Crippen molar-refractivity contribution in [3.63, 3.8) is 0 Å². The molecule has 1 fully saturated rings. The fraction of sp³-hybridized carbons (Fsp3) is 0.417. The van der Waals surface area contributed by atoms with Crippen LogP contribution in [0.15, 0.2) is 24.5 Å². The van der Waals surface area contributed by atoms with Crippen LogP contribution in [0.1, 0.15) is 24.7 Å². The third-order valence-corrected chi connectivity index (χ3v) is 3.36. The van der Waals surface area contributed by atoms with Crippen LogP contribution in [-0.2, 0) is 0 Å². The van der Waals surface area contributed by atoms with Crippen molar-refractivity contribution in [2.45, 2.75) is 18.9 Å². The molecular weight excluding hydrogens is 202 g/mol. The molecule has 0 spiro atoms. The van der Waals surface area contributed by atoms with Crippen molar-refractivity contribution in [2.75, 3.05) is 13.6 Å². The van der Waals surface area contributed by atoms with E-state index >= 15 is 0 Å². The lowest BCUT2D eigenvalue weighted by molar-refractivity contribution is 0.305. The van der Waals surface area contributed by atoms with E-state index in [-0.39, 0.29) is 0 Å². The van der Waals surface area contributed by atoms with Gasteiger partial charge in [-0.25, -0.2) is 4.98 Å². The van der Waals surface area contributed by atoms with E-state index in [0.29, 0.717) is 11.8 Å². The van der Waals surface area contributed by atoms with E-state index in [1.165, 1.54) is 6.42 Å². The molecule has 0 saturated carbocycles. The van der Waals surface area contributed by atoms with Gasteiger partial charge in [0.1, 0.15) is 11.6 Å². The molecule has 0 aromatic carbocycles. The highest BCUT2D eigenvalue weighted by atomic mass is 16.3. The molecule has 0 amide bonds. The molecule has 4 nitrogen and oxygen atoms in total. The smallest absolute Gasteiger partial charge is 0.130 e. The van der Waals surface area contributed by atoms with Gasteiger partial charge >= 0.3 is 0 Å². The molecule has 4 heteroatoms. The van der Waals surface area contributed by atoms with E-state index in [2.05, 4.69) is 21.3 Å². The topological polar surface area (TPSA) is 40.8 Å². The number of nitrogens with zero attached hydrogens (tertiary/aromatic N) is 3. The molecule has 0 aliphatic carbocycles. The zero-order chi connectivity index (χ0) is 11.1. The summed E-state index contributed by atoms with van der Waals surface area (Å²) < 4.78 is 2.06. The summed E-state index contributed by atoms with van der Waals surface area (Å²) in [7, 11) is 2.14. The van der Waals surface area contributed by atoms with Gasteiger partial charge in [-0.2, -0.15) is 0 Å². The van der Waals surface area contributed by atoms with Crippen LogP contribution in [0.3, 0.4) is 0 Å². The molecule has 0 radical (unpaired) electrons. The molecule has 16 heavy (non-hydrogen) atoms. The average Bonchev–Trinajstić information content (AvgIpc) is 2.83. The molecule has 3 rings (SSSR count). The lowest BCUT2D eigenvalue weighted by atomic mass is 10.2. The lowest BCUT2D eigenvalue weighted by Crippen LogP contribution is -2.19. The van der Waals surface area contributed by atoms with Crippen molar-refractivity contribution in [2.24, 2.45) is 0 Å². The van der Waals surface area contributed by atoms with Crippen LogP contribution < -0.4 is 0 Å². The Morgan fingerprint density at radius 1 is 1.50 bits per heavy atom. The zero-order valence-corrected chi connectivity index (χ0v) is 9.30. The molecule has 1 atom stereocenters. The van der Waals surface area contributed by atoms with Crippen molar-refractivity contribution in [3.8, 4) is 5.75 Å². The van der Waals surface area contributed by atoms with Crippen molar-refractivity contribution < 1.29 is 5.11 Å². The van der Waals surface area contributed by atoms with E-state index in [1.54, 1.807) is 12.1 Å². The van der Waals surface area contributed by atoms with Gasteiger partial charge in [-0.1, -0.05) is 0 Å². The number of aromatic nitrogens is 2. The number of hydrogen-bond donors (Lipinski definition) is 1. The van der Waals surface area contributed by atoms with E-state index in [9.17, 15) is 5.11 Å². The maximum absolute atomic E-state index is 9.41. The monoisotopic (exact) mass is 217 g/mol.